The summed E-state index contributed by atoms with van der Waals surface area (Å²) in [5, 5.41) is 11.2. The van der Waals surface area contributed by atoms with E-state index >= 15 is 0 Å². The van der Waals surface area contributed by atoms with E-state index < -0.39 is 0 Å². The molecule has 2 N–H and O–H groups in total. The van der Waals surface area contributed by atoms with Crippen molar-refractivity contribution in [3.05, 3.63) is 0 Å². The summed E-state index contributed by atoms with van der Waals surface area (Å²) in [7, 11) is 1.58. The monoisotopic (exact) mass is 214 g/mol. The minimum Gasteiger partial charge on any atom is -0.396 e. The predicted octanol–water partition coefficient (Wildman–Crippen LogP) is -0.504. The van der Waals surface area contributed by atoms with Crippen molar-refractivity contribution in [3.8, 4) is 0 Å². The molecule has 1 fully saturated rings. The lowest BCUT2D eigenvalue weighted by Gasteiger charge is -2.23. The van der Waals surface area contributed by atoms with Crippen molar-refractivity contribution in [2.75, 3.05) is 20.2 Å². The molecule has 1 heterocycles. The first-order valence-electron chi connectivity index (χ1n) is 5.32. The minimum absolute atomic E-state index is 0.0181. The molecule has 86 valence electrons. The molecule has 0 bridgehead atoms. The summed E-state index contributed by atoms with van der Waals surface area (Å²) in [4.78, 5) is 24.7. The average molecular weight is 214 g/mol. The normalized spacial score (nSPS) is 20.4. The largest absolute Gasteiger partial charge is 0.396 e. The van der Waals surface area contributed by atoms with Crippen LogP contribution in [0, 0.1) is 0 Å². The number of aliphatic hydroxyl groups excluding tert-OH is 1. The highest BCUT2D eigenvalue weighted by molar-refractivity contribution is 5.88. The molecule has 1 unspecified atom stereocenters. The maximum atomic E-state index is 11.7. The van der Waals surface area contributed by atoms with Crippen molar-refractivity contribution in [1.82, 2.24) is 10.2 Å². The standard InChI is InChI=1S/C10H18N2O3/c1-11-10(15)8-4-2-6-12(8)9(14)5-3-7-13/h8,13H,2-7H2,1H3,(H,11,15). The van der Waals surface area contributed by atoms with Gasteiger partial charge < -0.3 is 15.3 Å². The van der Waals surface area contributed by atoms with Crippen LogP contribution in [0.4, 0.5) is 0 Å². The van der Waals surface area contributed by atoms with Crippen molar-refractivity contribution in [1.29, 1.82) is 0 Å². The van der Waals surface area contributed by atoms with Gasteiger partial charge in [0, 0.05) is 26.6 Å². The maximum Gasteiger partial charge on any atom is 0.242 e. The molecule has 1 rings (SSSR count). The van der Waals surface area contributed by atoms with Gasteiger partial charge in [0.05, 0.1) is 0 Å². The highest BCUT2D eigenvalue weighted by Crippen LogP contribution is 2.18. The Morgan fingerprint density at radius 2 is 2.27 bits per heavy atom. The molecule has 0 saturated carbocycles. The molecule has 0 spiro atoms. The number of likely N-dealkylation sites (tertiary alicyclic amines) is 1. The van der Waals surface area contributed by atoms with Gasteiger partial charge in [-0.2, -0.15) is 0 Å². The number of hydrogen-bond acceptors (Lipinski definition) is 3. The van der Waals surface area contributed by atoms with Gasteiger partial charge in [0.1, 0.15) is 6.04 Å². The van der Waals surface area contributed by atoms with E-state index in [1.165, 1.54) is 0 Å². The van der Waals surface area contributed by atoms with E-state index in [1.807, 2.05) is 0 Å². The molecule has 1 atom stereocenters. The number of nitrogens with zero attached hydrogens (tertiary/aromatic N) is 1. The van der Waals surface area contributed by atoms with Crippen molar-refractivity contribution in [2.24, 2.45) is 0 Å². The van der Waals surface area contributed by atoms with Crippen LogP contribution in [-0.2, 0) is 9.59 Å². The van der Waals surface area contributed by atoms with Gasteiger partial charge in [-0.15, -0.1) is 0 Å². The molecule has 0 aromatic carbocycles. The van der Waals surface area contributed by atoms with Gasteiger partial charge in [-0.05, 0) is 19.3 Å². The van der Waals surface area contributed by atoms with Gasteiger partial charge in [-0.3, -0.25) is 9.59 Å². The summed E-state index contributed by atoms with van der Waals surface area (Å²) in [6.45, 7) is 0.673. The van der Waals surface area contributed by atoms with Gasteiger partial charge in [0.25, 0.3) is 0 Å². The molecule has 15 heavy (non-hydrogen) atoms. The van der Waals surface area contributed by atoms with Gasteiger partial charge in [-0.25, -0.2) is 0 Å². The number of carbonyl (C=O) groups excluding carboxylic acids is 2. The zero-order valence-electron chi connectivity index (χ0n) is 9.03. The molecular weight excluding hydrogens is 196 g/mol. The number of amides is 2. The van der Waals surface area contributed by atoms with Crippen LogP contribution in [0.3, 0.4) is 0 Å². The fourth-order valence-electron chi connectivity index (χ4n) is 1.88. The fraction of sp³-hybridized carbons (Fsp3) is 0.800. The molecule has 1 saturated heterocycles. The highest BCUT2D eigenvalue weighted by Gasteiger charge is 2.32. The number of rotatable bonds is 4. The molecule has 0 aromatic heterocycles. The summed E-state index contributed by atoms with van der Waals surface area (Å²) in [5.74, 6) is -0.125. The van der Waals surface area contributed by atoms with Gasteiger partial charge in [0.2, 0.25) is 11.8 Å². The van der Waals surface area contributed by atoms with Crippen LogP contribution in [0.2, 0.25) is 0 Å². The smallest absolute Gasteiger partial charge is 0.242 e. The third-order valence-electron chi connectivity index (χ3n) is 2.67. The van der Waals surface area contributed by atoms with E-state index in [0.717, 1.165) is 12.8 Å². The lowest BCUT2D eigenvalue weighted by Crippen LogP contribution is -2.44. The lowest BCUT2D eigenvalue weighted by atomic mass is 10.2. The van der Waals surface area contributed by atoms with E-state index in [1.54, 1.807) is 11.9 Å². The van der Waals surface area contributed by atoms with Gasteiger partial charge in [-0.1, -0.05) is 0 Å². The summed E-state index contributed by atoms with van der Waals surface area (Å²) in [6, 6.07) is -0.304. The first kappa shape index (κ1) is 12.0. The molecule has 0 radical (unpaired) electrons. The highest BCUT2D eigenvalue weighted by atomic mass is 16.3. The third-order valence-corrected chi connectivity index (χ3v) is 2.67. The van der Waals surface area contributed by atoms with E-state index in [2.05, 4.69) is 5.32 Å². The molecular formula is C10H18N2O3. The Morgan fingerprint density at radius 1 is 1.53 bits per heavy atom. The molecule has 0 aromatic rings. The van der Waals surface area contributed by atoms with Crippen molar-refractivity contribution < 1.29 is 14.7 Å². The Bertz CT molecular complexity index is 243. The first-order valence-corrected chi connectivity index (χ1v) is 5.32. The second-order valence-electron chi connectivity index (χ2n) is 3.69. The maximum absolute atomic E-state index is 11.7. The number of hydrogen-bond donors (Lipinski definition) is 2. The van der Waals surface area contributed by atoms with Crippen molar-refractivity contribution >= 4 is 11.8 Å². The van der Waals surface area contributed by atoms with Gasteiger partial charge >= 0.3 is 0 Å². The lowest BCUT2D eigenvalue weighted by molar-refractivity contribution is -0.138. The summed E-state index contributed by atoms with van der Waals surface area (Å²) < 4.78 is 0. The molecule has 2 amide bonds. The van der Waals surface area contributed by atoms with Crippen LogP contribution in [0.25, 0.3) is 0 Å². The quantitative estimate of drug-likeness (QED) is 0.662. The van der Waals surface area contributed by atoms with Crippen LogP contribution in [-0.4, -0.2) is 48.1 Å². The SMILES string of the molecule is CNC(=O)C1CCCN1C(=O)CCCO. The molecule has 0 aliphatic carbocycles. The Hall–Kier alpha value is -1.10. The molecule has 5 heteroatoms. The van der Waals surface area contributed by atoms with Crippen molar-refractivity contribution in [3.63, 3.8) is 0 Å². The van der Waals surface area contributed by atoms with E-state index in [4.69, 9.17) is 5.11 Å². The van der Waals surface area contributed by atoms with E-state index in [0.29, 0.717) is 19.4 Å². The topological polar surface area (TPSA) is 69.6 Å². The first-order chi connectivity index (χ1) is 7.20. The molecule has 5 nitrogen and oxygen atoms in total. The van der Waals surface area contributed by atoms with Crippen LogP contribution in [0.5, 0.6) is 0 Å². The number of nitrogens with one attached hydrogen (secondary N) is 1. The average Bonchev–Trinajstić information content (AvgIpc) is 2.73. The second kappa shape index (κ2) is 5.70. The summed E-state index contributed by atoms with van der Waals surface area (Å²) in [6.07, 6.45) is 2.41. The second-order valence-corrected chi connectivity index (χ2v) is 3.69. The number of likely N-dealkylation sites (N-methyl/N-ethyl adjacent to an activating group) is 1. The number of carbonyl (C=O) groups is 2. The van der Waals surface area contributed by atoms with Crippen LogP contribution in [0.15, 0.2) is 0 Å². The van der Waals surface area contributed by atoms with Crippen molar-refractivity contribution in [2.45, 2.75) is 31.7 Å². The minimum atomic E-state index is -0.304. The Balaban J connectivity index is 2.52. The zero-order chi connectivity index (χ0) is 11.3. The Kier molecular flexibility index (Phi) is 4.55. The zero-order valence-corrected chi connectivity index (χ0v) is 9.03. The fourth-order valence-corrected chi connectivity index (χ4v) is 1.88. The van der Waals surface area contributed by atoms with E-state index in [9.17, 15) is 9.59 Å². The van der Waals surface area contributed by atoms with Crippen LogP contribution < -0.4 is 5.32 Å². The van der Waals surface area contributed by atoms with E-state index in [-0.39, 0.29) is 24.5 Å². The third kappa shape index (κ3) is 2.92. The number of aliphatic hydroxyl groups is 1. The Labute approximate surface area is 89.4 Å². The molecule has 1 aliphatic rings. The summed E-state index contributed by atoms with van der Waals surface area (Å²) in [5.41, 5.74) is 0. The summed E-state index contributed by atoms with van der Waals surface area (Å²) >= 11 is 0. The predicted molar refractivity (Wildman–Crippen MR) is 55.1 cm³/mol. The van der Waals surface area contributed by atoms with Gasteiger partial charge in [0.15, 0.2) is 0 Å². The Morgan fingerprint density at radius 3 is 2.87 bits per heavy atom. The van der Waals surface area contributed by atoms with Crippen LogP contribution >= 0.6 is 0 Å². The van der Waals surface area contributed by atoms with Crippen LogP contribution in [0.1, 0.15) is 25.7 Å². The molecule has 1 aliphatic heterocycles.